The molecule has 2 aromatic carbocycles. The molecule has 2 aromatic rings. The first kappa shape index (κ1) is 20.0. The van der Waals surface area contributed by atoms with Gasteiger partial charge in [-0.3, -0.25) is 4.79 Å². The Balaban J connectivity index is 1.58. The fourth-order valence-corrected chi connectivity index (χ4v) is 3.69. The van der Waals surface area contributed by atoms with Gasteiger partial charge in [-0.1, -0.05) is 42.5 Å². The molecule has 156 valence electrons. The normalized spacial score (nSPS) is 19.2. The lowest BCUT2D eigenvalue weighted by atomic mass is 9.94. The van der Waals surface area contributed by atoms with Crippen LogP contribution in [0.5, 0.6) is 5.75 Å². The number of carbonyl (C=O) groups is 2. The molecule has 1 atom stereocenters. The van der Waals surface area contributed by atoms with Gasteiger partial charge in [0.15, 0.2) is 0 Å². The summed E-state index contributed by atoms with van der Waals surface area (Å²) >= 11 is 0. The summed E-state index contributed by atoms with van der Waals surface area (Å²) in [5.41, 5.74) is 2.97. The zero-order valence-electron chi connectivity index (χ0n) is 16.9. The van der Waals surface area contributed by atoms with Crippen molar-refractivity contribution in [3.8, 4) is 5.75 Å². The highest BCUT2D eigenvalue weighted by atomic mass is 16.5. The van der Waals surface area contributed by atoms with E-state index in [2.05, 4.69) is 10.6 Å². The predicted octanol–water partition coefficient (Wildman–Crippen LogP) is 2.75. The monoisotopic (exact) mass is 407 g/mol. The van der Waals surface area contributed by atoms with Crippen LogP contribution in [0.15, 0.2) is 65.9 Å². The first-order valence-electron chi connectivity index (χ1n) is 10.0. The molecular formula is C23H25N3O4. The standard InChI is InChI=1S/C23H25N3O4/c1-16-20(22(27)26-10-12-29-13-11-26)21(25-23(28)24-16)18-8-5-9-19(14-18)30-15-17-6-3-2-4-7-17/h2-9,14,21H,10-13,15H2,1H3,(H2,24,25,28)/t21-/m0/s1. The number of rotatable bonds is 5. The van der Waals surface area contributed by atoms with E-state index in [0.29, 0.717) is 49.9 Å². The van der Waals surface area contributed by atoms with Crippen molar-refractivity contribution in [1.29, 1.82) is 0 Å². The number of nitrogens with one attached hydrogen (secondary N) is 2. The van der Waals surface area contributed by atoms with Crippen LogP contribution < -0.4 is 15.4 Å². The minimum absolute atomic E-state index is 0.0936. The van der Waals surface area contributed by atoms with Gasteiger partial charge < -0.3 is 25.0 Å². The first-order valence-corrected chi connectivity index (χ1v) is 10.0. The number of hydrogen-bond donors (Lipinski definition) is 2. The minimum Gasteiger partial charge on any atom is -0.489 e. The van der Waals surface area contributed by atoms with Gasteiger partial charge in [-0.05, 0) is 30.2 Å². The van der Waals surface area contributed by atoms with Crippen molar-refractivity contribution in [2.75, 3.05) is 26.3 Å². The molecule has 0 unspecified atom stereocenters. The van der Waals surface area contributed by atoms with E-state index in [1.165, 1.54) is 0 Å². The van der Waals surface area contributed by atoms with Crippen LogP contribution >= 0.6 is 0 Å². The van der Waals surface area contributed by atoms with Crippen LogP contribution in [-0.2, 0) is 16.1 Å². The Morgan fingerprint density at radius 3 is 2.67 bits per heavy atom. The highest BCUT2D eigenvalue weighted by Crippen LogP contribution is 2.30. The molecule has 3 amide bonds. The predicted molar refractivity (Wildman–Crippen MR) is 112 cm³/mol. The van der Waals surface area contributed by atoms with E-state index in [1.54, 1.807) is 11.8 Å². The van der Waals surface area contributed by atoms with Crippen LogP contribution in [0.25, 0.3) is 0 Å². The topological polar surface area (TPSA) is 79.9 Å². The van der Waals surface area contributed by atoms with E-state index in [9.17, 15) is 9.59 Å². The molecule has 0 spiro atoms. The van der Waals surface area contributed by atoms with Crippen molar-refractivity contribution in [2.24, 2.45) is 0 Å². The number of urea groups is 1. The fourth-order valence-electron chi connectivity index (χ4n) is 3.69. The van der Waals surface area contributed by atoms with Gasteiger partial charge >= 0.3 is 6.03 Å². The maximum atomic E-state index is 13.2. The van der Waals surface area contributed by atoms with E-state index in [4.69, 9.17) is 9.47 Å². The van der Waals surface area contributed by atoms with Crippen LogP contribution in [0.4, 0.5) is 4.79 Å². The van der Waals surface area contributed by atoms with Gasteiger partial charge in [-0.15, -0.1) is 0 Å². The summed E-state index contributed by atoms with van der Waals surface area (Å²) in [6.45, 7) is 4.32. The molecule has 0 aromatic heterocycles. The second kappa shape index (κ2) is 9.00. The third-order valence-electron chi connectivity index (χ3n) is 5.24. The number of allylic oxidation sites excluding steroid dienone is 1. The minimum atomic E-state index is -0.547. The zero-order chi connectivity index (χ0) is 20.9. The Labute approximate surface area is 175 Å². The lowest BCUT2D eigenvalue weighted by molar-refractivity contribution is -0.131. The summed E-state index contributed by atoms with van der Waals surface area (Å²) in [4.78, 5) is 27.2. The number of morpholine rings is 1. The van der Waals surface area contributed by atoms with Crippen LogP contribution in [0, 0.1) is 0 Å². The summed E-state index contributed by atoms with van der Waals surface area (Å²) in [6, 6.07) is 16.5. The van der Waals surface area contributed by atoms with Gasteiger partial charge in [0.2, 0.25) is 0 Å². The molecule has 7 nitrogen and oxygen atoms in total. The number of nitrogens with zero attached hydrogens (tertiary/aromatic N) is 1. The molecule has 2 heterocycles. The molecule has 0 radical (unpaired) electrons. The summed E-state index contributed by atoms with van der Waals surface area (Å²) in [5, 5.41) is 5.62. The smallest absolute Gasteiger partial charge is 0.319 e. The fraction of sp³-hybridized carbons (Fsp3) is 0.304. The first-order chi connectivity index (χ1) is 14.6. The van der Waals surface area contributed by atoms with Crippen LogP contribution in [-0.4, -0.2) is 43.1 Å². The third-order valence-corrected chi connectivity index (χ3v) is 5.24. The Morgan fingerprint density at radius 2 is 1.90 bits per heavy atom. The van der Waals surface area contributed by atoms with Crippen LogP contribution in [0.1, 0.15) is 24.1 Å². The summed E-state index contributed by atoms with van der Waals surface area (Å²) < 4.78 is 11.3. The summed E-state index contributed by atoms with van der Waals surface area (Å²) in [7, 11) is 0. The molecule has 2 aliphatic rings. The van der Waals surface area contributed by atoms with E-state index in [1.807, 2.05) is 54.6 Å². The van der Waals surface area contributed by atoms with Gasteiger partial charge in [0.1, 0.15) is 12.4 Å². The largest absolute Gasteiger partial charge is 0.489 e. The molecule has 0 bridgehead atoms. The molecule has 0 saturated carbocycles. The highest BCUT2D eigenvalue weighted by molar-refractivity contribution is 5.98. The molecule has 7 heteroatoms. The molecule has 1 saturated heterocycles. The maximum absolute atomic E-state index is 13.2. The number of carbonyl (C=O) groups excluding carboxylic acids is 2. The van der Waals surface area contributed by atoms with Crippen molar-refractivity contribution in [3.63, 3.8) is 0 Å². The zero-order valence-corrected chi connectivity index (χ0v) is 16.9. The van der Waals surface area contributed by atoms with E-state index in [-0.39, 0.29) is 11.9 Å². The Bertz CT molecular complexity index is 952. The summed E-state index contributed by atoms with van der Waals surface area (Å²) in [5.74, 6) is 0.587. The molecule has 0 aliphatic carbocycles. The van der Waals surface area contributed by atoms with Crippen molar-refractivity contribution in [1.82, 2.24) is 15.5 Å². The van der Waals surface area contributed by atoms with Crippen molar-refractivity contribution < 1.29 is 19.1 Å². The average Bonchev–Trinajstić information content (AvgIpc) is 2.78. The molecular weight excluding hydrogens is 382 g/mol. The van der Waals surface area contributed by atoms with Gasteiger partial charge in [0.05, 0.1) is 24.8 Å². The quantitative estimate of drug-likeness (QED) is 0.799. The Kier molecular flexibility index (Phi) is 5.99. The molecule has 2 N–H and O–H groups in total. The number of amides is 3. The van der Waals surface area contributed by atoms with Crippen molar-refractivity contribution in [2.45, 2.75) is 19.6 Å². The average molecular weight is 407 g/mol. The molecule has 2 aliphatic heterocycles. The third kappa shape index (κ3) is 4.46. The van der Waals surface area contributed by atoms with E-state index < -0.39 is 6.04 Å². The van der Waals surface area contributed by atoms with Gasteiger partial charge in [0.25, 0.3) is 5.91 Å². The second-order valence-electron chi connectivity index (χ2n) is 7.32. The summed E-state index contributed by atoms with van der Waals surface area (Å²) in [6.07, 6.45) is 0. The van der Waals surface area contributed by atoms with Gasteiger partial charge in [0, 0.05) is 18.8 Å². The van der Waals surface area contributed by atoms with E-state index >= 15 is 0 Å². The maximum Gasteiger partial charge on any atom is 0.319 e. The molecule has 30 heavy (non-hydrogen) atoms. The molecule has 1 fully saturated rings. The Morgan fingerprint density at radius 1 is 1.13 bits per heavy atom. The van der Waals surface area contributed by atoms with Gasteiger partial charge in [-0.2, -0.15) is 0 Å². The van der Waals surface area contributed by atoms with Crippen LogP contribution in [0.2, 0.25) is 0 Å². The highest BCUT2D eigenvalue weighted by Gasteiger charge is 2.34. The number of ether oxygens (including phenoxy) is 2. The lowest BCUT2D eigenvalue weighted by Gasteiger charge is -2.34. The molecule has 4 rings (SSSR count). The van der Waals surface area contributed by atoms with Gasteiger partial charge in [-0.25, -0.2) is 4.79 Å². The number of benzene rings is 2. The van der Waals surface area contributed by atoms with E-state index in [0.717, 1.165) is 11.1 Å². The SMILES string of the molecule is CC1=C(C(=O)N2CCOCC2)[C@H](c2cccc(OCc3ccccc3)c2)NC(=O)N1. The second-order valence-corrected chi connectivity index (χ2v) is 7.32. The number of hydrogen-bond acceptors (Lipinski definition) is 4. The van der Waals surface area contributed by atoms with Crippen LogP contribution in [0.3, 0.4) is 0 Å². The van der Waals surface area contributed by atoms with Crippen molar-refractivity contribution in [3.05, 3.63) is 77.0 Å². The Hall–Kier alpha value is -3.32. The van der Waals surface area contributed by atoms with Crippen molar-refractivity contribution >= 4 is 11.9 Å². The lowest BCUT2D eigenvalue weighted by Crippen LogP contribution is -2.49.